The van der Waals surface area contributed by atoms with Crippen LogP contribution in [-0.4, -0.2) is 22.2 Å². The zero-order valence-corrected chi connectivity index (χ0v) is 10.6. The second-order valence-corrected chi connectivity index (χ2v) is 9.85. The van der Waals surface area contributed by atoms with Gasteiger partial charge in [-0.25, -0.2) is 4.39 Å². The summed E-state index contributed by atoms with van der Waals surface area (Å²) >= 11 is 0. The second-order valence-electron chi connectivity index (χ2n) is 4.81. The van der Waals surface area contributed by atoms with Crippen LogP contribution in [0, 0.1) is 5.82 Å². The van der Waals surface area contributed by atoms with Gasteiger partial charge < -0.3 is 4.90 Å². The van der Waals surface area contributed by atoms with Crippen molar-refractivity contribution in [3.63, 3.8) is 0 Å². The van der Waals surface area contributed by atoms with Crippen molar-refractivity contribution in [2.24, 2.45) is 0 Å². The first kappa shape index (κ1) is 11.2. The topological polar surface area (TPSA) is 3.24 Å². The molecule has 0 N–H and O–H groups in total. The Balaban J connectivity index is 3.22. The quantitative estimate of drug-likeness (QED) is 0.679. The molecule has 0 unspecified atom stereocenters. The van der Waals surface area contributed by atoms with Gasteiger partial charge in [-0.3, -0.25) is 0 Å². The van der Waals surface area contributed by atoms with E-state index in [1.807, 2.05) is 31.1 Å². The van der Waals surface area contributed by atoms with E-state index in [2.05, 4.69) is 19.6 Å². The minimum Gasteiger partial charge on any atom is -0.378 e. The van der Waals surface area contributed by atoms with Gasteiger partial charge in [0.25, 0.3) is 0 Å². The third kappa shape index (κ3) is 2.35. The molecule has 3 heteroatoms. The number of hydrogen-bond donors (Lipinski definition) is 0. The van der Waals surface area contributed by atoms with Crippen LogP contribution in [0.3, 0.4) is 0 Å². The Morgan fingerprint density at radius 1 is 1.14 bits per heavy atom. The highest BCUT2D eigenvalue weighted by Crippen LogP contribution is 2.14. The number of anilines is 1. The summed E-state index contributed by atoms with van der Waals surface area (Å²) in [4.78, 5) is 2.00. The predicted octanol–water partition coefficient (Wildman–Crippen LogP) is 2.44. The fourth-order valence-corrected chi connectivity index (χ4v) is 2.75. The Hall–Kier alpha value is -0.833. The van der Waals surface area contributed by atoms with Gasteiger partial charge in [0.2, 0.25) is 0 Å². The maximum atomic E-state index is 13.5. The first-order valence-corrected chi connectivity index (χ1v) is 8.30. The minimum absolute atomic E-state index is 0.0604. The van der Waals surface area contributed by atoms with Crippen LogP contribution >= 0.6 is 0 Å². The fraction of sp³-hybridized carbons (Fsp3) is 0.455. The van der Waals surface area contributed by atoms with Gasteiger partial charge in [0, 0.05) is 19.8 Å². The lowest BCUT2D eigenvalue weighted by Crippen LogP contribution is -2.40. The van der Waals surface area contributed by atoms with Crippen molar-refractivity contribution in [1.82, 2.24) is 0 Å². The number of nitrogens with zero attached hydrogens (tertiary/aromatic N) is 1. The zero-order valence-electron chi connectivity index (χ0n) is 9.56. The zero-order chi connectivity index (χ0) is 10.9. The van der Waals surface area contributed by atoms with Crippen LogP contribution in [0.5, 0.6) is 0 Å². The van der Waals surface area contributed by atoms with Crippen molar-refractivity contribution in [3.8, 4) is 0 Å². The number of rotatable bonds is 2. The molecule has 0 spiro atoms. The van der Waals surface area contributed by atoms with Crippen LogP contribution in [0.2, 0.25) is 19.6 Å². The molecule has 0 aliphatic heterocycles. The maximum absolute atomic E-state index is 13.5. The molecular weight excluding hydrogens is 193 g/mol. The molecule has 1 nitrogen and oxygen atoms in total. The first-order valence-electron chi connectivity index (χ1n) is 4.80. The Morgan fingerprint density at radius 2 is 1.71 bits per heavy atom. The summed E-state index contributed by atoms with van der Waals surface area (Å²) in [6.07, 6.45) is 0. The normalized spacial score (nSPS) is 11.6. The largest absolute Gasteiger partial charge is 0.378 e. The molecule has 0 fully saturated rings. The van der Waals surface area contributed by atoms with Gasteiger partial charge in [-0.2, -0.15) is 0 Å². The van der Waals surface area contributed by atoms with E-state index >= 15 is 0 Å². The Kier molecular flexibility index (Phi) is 3.00. The molecule has 0 radical (unpaired) electrons. The highest BCUT2D eigenvalue weighted by molar-refractivity contribution is 6.88. The van der Waals surface area contributed by atoms with Gasteiger partial charge in [-0.15, -0.1) is 0 Å². The van der Waals surface area contributed by atoms with Crippen LogP contribution in [0.15, 0.2) is 18.2 Å². The van der Waals surface area contributed by atoms with E-state index in [4.69, 9.17) is 0 Å². The lowest BCUT2D eigenvalue weighted by molar-refractivity contribution is 0.635. The molecule has 78 valence electrons. The summed E-state index contributed by atoms with van der Waals surface area (Å²) in [7, 11) is 2.39. The van der Waals surface area contributed by atoms with E-state index in [9.17, 15) is 4.39 Å². The van der Waals surface area contributed by atoms with Crippen molar-refractivity contribution in [1.29, 1.82) is 0 Å². The van der Waals surface area contributed by atoms with Crippen LogP contribution in [0.4, 0.5) is 10.1 Å². The third-order valence-electron chi connectivity index (χ3n) is 2.27. The summed E-state index contributed by atoms with van der Waals surface area (Å²) in [5, 5.41) is 0.906. The average Bonchev–Trinajstić information content (AvgIpc) is 2.02. The predicted molar refractivity (Wildman–Crippen MR) is 63.7 cm³/mol. The molecule has 0 heterocycles. The molecule has 0 aromatic heterocycles. The number of benzene rings is 1. The van der Waals surface area contributed by atoms with E-state index in [-0.39, 0.29) is 5.82 Å². The third-order valence-corrected chi connectivity index (χ3v) is 4.27. The number of halogens is 1. The van der Waals surface area contributed by atoms with Crippen molar-refractivity contribution in [3.05, 3.63) is 24.0 Å². The van der Waals surface area contributed by atoms with E-state index in [1.165, 1.54) is 0 Å². The highest BCUT2D eigenvalue weighted by atomic mass is 28.3. The Morgan fingerprint density at radius 3 is 2.14 bits per heavy atom. The average molecular weight is 211 g/mol. The molecule has 1 rings (SSSR count). The van der Waals surface area contributed by atoms with E-state index in [1.54, 1.807) is 6.07 Å². The summed E-state index contributed by atoms with van der Waals surface area (Å²) in [6, 6.07) is 5.36. The van der Waals surface area contributed by atoms with Crippen molar-refractivity contribution in [2.45, 2.75) is 19.6 Å². The van der Waals surface area contributed by atoms with Gasteiger partial charge in [-0.1, -0.05) is 19.6 Å². The molecule has 1 aromatic rings. The van der Waals surface area contributed by atoms with Gasteiger partial charge >= 0.3 is 0 Å². The SMILES string of the molecule is CN(C)c1ccc(F)c([Si](C)(C)C)c1. The minimum atomic E-state index is -1.56. The fourth-order valence-electron chi connectivity index (χ4n) is 1.37. The van der Waals surface area contributed by atoms with Gasteiger partial charge in [0.1, 0.15) is 5.82 Å². The Bertz CT molecular complexity index is 329. The molecule has 0 aliphatic carbocycles. The van der Waals surface area contributed by atoms with E-state index in [0.717, 1.165) is 10.9 Å². The highest BCUT2D eigenvalue weighted by Gasteiger charge is 2.21. The molecule has 0 atom stereocenters. The molecule has 0 amide bonds. The first-order chi connectivity index (χ1) is 6.32. The summed E-state index contributed by atoms with van der Waals surface area (Å²) in [5.41, 5.74) is 1.07. The summed E-state index contributed by atoms with van der Waals surface area (Å²) in [5.74, 6) is -0.0604. The molecule has 0 aliphatic rings. The van der Waals surface area contributed by atoms with E-state index in [0.29, 0.717) is 0 Å². The molecule has 1 aromatic carbocycles. The molecule has 0 saturated heterocycles. The van der Waals surface area contributed by atoms with Crippen molar-refractivity contribution < 1.29 is 4.39 Å². The van der Waals surface area contributed by atoms with Crippen LogP contribution in [-0.2, 0) is 0 Å². The lowest BCUT2D eigenvalue weighted by atomic mass is 10.3. The molecule has 0 bridgehead atoms. The Labute approximate surface area is 86.6 Å². The van der Waals surface area contributed by atoms with Crippen LogP contribution < -0.4 is 10.1 Å². The van der Waals surface area contributed by atoms with E-state index < -0.39 is 8.07 Å². The second kappa shape index (κ2) is 3.73. The lowest BCUT2D eigenvalue weighted by Gasteiger charge is -2.21. The monoisotopic (exact) mass is 211 g/mol. The van der Waals surface area contributed by atoms with Gasteiger partial charge in [-0.05, 0) is 23.4 Å². The van der Waals surface area contributed by atoms with Gasteiger partial charge in [0.05, 0.1) is 8.07 Å². The van der Waals surface area contributed by atoms with Crippen molar-refractivity contribution >= 4 is 18.9 Å². The smallest absolute Gasteiger partial charge is 0.122 e. The standard InChI is InChI=1S/C11H18FNSi/c1-13(2)9-6-7-10(12)11(8-9)14(3,4)5/h6-8H,1-5H3. The van der Waals surface area contributed by atoms with Crippen LogP contribution in [0.25, 0.3) is 0 Å². The molecule has 14 heavy (non-hydrogen) atoms. The van der Waals surface area contributed by atoms with Gasteiger partial charge in [0.15, 0.2) is 0 Å². The molecule has 0 saturated carbocycles. The van der Waals surface area contributed by atoms with Crippen LogP contribution in [0.1, 0.15) is 0 Å². The molecular formula is C11H18FNSi. The summed E-state index contributed by atoms with van der Waals surface area (Å²) < 4.78 is 13.5. The van der Waals surface area contributed by atoms with Crippen molar-refractivity contribution in [2.75, 3.05) is 19.0 Å². The summed E-state index contributed by atoms with van der Waals surface area (Å²) in [6.45, 7) is 6.47. The number of hydrogen-bond acceptors (Lipinski definition) is 1. The maximum Gasteiger partial charge on any atom is 0.122 e.